The number of nitrogens with zero attached hydrogens (tertiary/aromatic N) is 2. The molecule has 1 unspecified atom stereocenters. The Morgan fingerprint density at radius 1 is 1.03 bits per heavy atom. The van der Waals surface area contributed by atoms with E-state index in [0.29, 0.717) is 31.6 Å². The average Bonchev–Trinajstić information content (AvgIpc) is 3.05. The molecule has 0 spiro atoms. The van der Waals surface area contributed by atoms with Crippen LogP contribution in [0.15, 0.2) is 48.5 Å². The summed E-state index contributed by atoms with van der Waals surface area (Å²) in [5.74, 6) is -0.805. The molecule has 2 aliphatic heterocycles. The Kier molecular flexibility index (Phi) is 5.92. The normalized spacial score (nSPS) is 18.7. The van der Waals surface area contributed by atoms with Crippen LogP contribution >= 0.6 is 0 Å². The van der Waals surface area contributed by atoms with E-state index in [1.807, 2.05) is 36.4 Å². The van der Waals surface area contributed by atoms with Crippen molar-refractivity contribution in [3.05, 3.63) is 70.8 Å². The molecule has 1 saturated heterocycles. The first-order chi connectivity index (χ1) is 14.5. The van der Waals surface area contributed by atoms with Crippen molar-refractivity contribution in [3.63, 3.8) is 0 Å². The van der Waals surface area contributed by atoms with Crippen LogP contribution in [-0.2, 0) is 29.2 Å². The molecular weight excluding hydrogens is 380 g/mol. The number of hydrogen-bond acceptors (Lipinski definition) is 5. The van der Waals surface area contributed by atoms with Gasteiger partial charge in [0.05, 0.1) is 0 Å². The van der Waals surface area contributed by atoms with Crippen LogP contribution in [0.5, 0.6) is 0 Å². The lowest BCUT2D eigenvalue weighted by atomic mass is 10.0. The highest BCUT2D eigenvalue weighted by Crippen LogP contribution is 2.28. The Morgan fingerprint density at radius 3 is 2.53 bits per heavy atom. The van der Waals surface area contributed by atoms with Crippen molar-refractivity contribution in [2.75, 3.05) is 13.1 Å². The van der Waals surface area contributed by atoms with Crippen LogP contribution in [0.25, 0.3) is 0 Å². The number of imide groups is 1. The highest BCUT2D eigenvalue weighted by molar-refractivity contribution is 6.05. The summed E-state index contributed by atoms with van der Waals surface area (Å²) in [6.07, 6.45) is 0.633. The molecule has 1 fully saturated rings. The lowest BCUT2D eigenvalue weighted by Crippen LogP contribution is -2.52. The van der Waals surface area contributed by atoms with E-state index in [4.69, 9.17) is 5.73 Å². The Labute approximate surface area is 175 Å². The van der Waals surface area contributed by atoms with E-state index < -0.39 is 6.04 Å². The zero-order valence-electron chi connectivity index (χ0n) is 16.8. The summed E-state index contributed by atoms with van der Waals surface area (Å²) >= 11 is 0. The minimum absolute atomic E-state index is 0.144. The van der Waals surface area contributed by atoms with E-state index in [-0.39, 0.29) is 24.1 Å². The molecule has 2 heterocycles. The van der Waals surface area contributed by atoms with Crippen LogP contribution < -0.4 is 11.1 Å². The minimum atomic E-state index is -0.585. The molecule has 30 heavy (non-hydrogen) atoms. The summed E-state index contributed by atoms with van der Waals surface area (Å²) in [6, 6.07) is 15.6. The fraction of sp³-hybridized carbons (Fsp3) is 0.348. The monoisotopic (exact) mass is 406 g/mol. The van der Waals surface area contributed by atoms with Gasteiger partial charge < -0.3 is 10.6 Å². The van der Waals surface area contributed by atoms with Gasteiger partial charge in [-0.1, -0.05) is 42.5 Å². The van der Waals surface area contributed by atoms with Gasteiger partial charge in [-0.25, -0.2) is 0 Å². The van der Waals surface area contributed by atoms with E-state index in [2.05, 4.69) is 22.3 Å². The molecule has 2 aliphatic rings. The second kappa shape index (κ2) is 8.77. The van der Waals surface area contributed by atoms with Crippen LogP contribution in [0.2, 0.25) is 0 Å². The van der Waals surface area contributed by atoms with Gasteiger partial charge in [0, 0.05) is 44.7 Å². The summed E-state index contributed by atoms with van der Waals surface area (Å²) in [5, 5.41) is 2.34. The topological polar surface area (TPSA) is 95.7 Å². The van der Waals surface area contributed by atoms with Crippen LogP contribution in [-0.4, -0.2) is 46.7 Å². The van der Waals surface area contributed by atoms with Crippen molar-refractivity contribution in [1.82, 2.24) is 15.1 Å². The van der Waals surface area contributed by atoms with Gasteiger partial charge in [0.1, 0.15) is 6.04 Å². The van der Waals surface area contributed by atoms with Gasteiger partial charge in [-0.3, -0.25) is 24.6 Å². The number of benzene rings is 2. The molecule has 0 bridgehead atoms. The summed E-state index contributed by atoms with van der Waals surface area (Å²) in [6.45, 7) is 3.18. The Bertz CT molecular complexity index is 960. The van der Waals surface area contributed by atoms with E-state index in [9.17, 15) is 14.4 Å². The maximum absolute atomic E-state index is 13.0. The van der Waals surface area contributed by atoms with Crippen LogP contribution in [0.3, 0.4) is 0 Å². The third-order valence-corrected chi connectivity index (χ3v) is 5.69. The summed E-state index contributed by atoms with van der Waals surface area (Å²) in [7, 11) is 0. The number of piperidine rings is 1. The number of carbonyl (C=O) groups is 3. The SMILES string of the molecule is NCCN(Cc1ccccc1)Cc1ccc2c(c1)C(=O)N(C1CCC(=O)NC1=O)C2. The maximum atomic E-state index is 13.0. The molecule has 3 amide bonds. The van der Waals surface area contributed by atoms with Crippen LogP contribution in [0, 0.1) is 0 Å². The van der Waals surface area contributed by atoms with Crippen LogP contribution in [0.4, 0.5) is 0 Å². The van der Waals surface area contributed by atoms with Gasteiger partial charge in [0.25, 0.3) is 5.91 Å². The fourth-order valence-electron chi connectivity index (χ4n) is 4.20. The number of hydrogen-bond donors (Lipinski definition) is 2. The number of nitrogens with one attached hydrogen (secondary N) is 1. The first-order valence-corrected chi connectivity index (χ1v) is 10.3. The average molecular weight is 406 g/mol. The summed E-state index contributed by atoms with van der Waals surface area (Å²) in [4.78, 5) is 40.5. The lowest BCUT2D eigenvalue weighted by Gasteiger charge is -2.29. The van der Waals surface area contributed by atoms with Crippen molar-refractivity contribution < 1.29 is 14.4 Å². The standard InChI is InChI=1S/C23H26N4O3/c24-10-11-26(13-16-4-2-1-3-5-16)14-17-6-7-18-15-27(23(30)19(18)12-17)20-8-9-21(28)25-22(20)29/h1-7,12,20H,8-11,13-15,24H2,(H,25,28,29). The first kappa shape index (κ1) is 20.3. The van der Waals surface area contributed by atoms with Crippen molar-refractivity contribution in [2.24, 2.45) is 5.73 Å². The number of amides is 3. The molecule has 0 saturated carbocycles. The van der Waals surface area contributed by atoms with Gasteiger partial charge in [-0.05, 0) is 29.2 Å². The molecule has 7 heteroatoms. The predicted molar refractivity (Wildman–Crippen MR) is 112 cm³/mol. The fourth-order valence-corrected chi connectivity index (χ4v) is 4.20. The second-order valence-corrected chi connectivity index (χ2v) is 7.88. The number of rotatable bonds is 7. The van der Waals surface area contributed by atoms with Gasteiger partial charge in [-0.15, -0.1) is 0 Å². The molecular formula is C23H26N4O3. The Morgan fingerprint density at radius 2 is 1.80 bits per heavy atom. The minimum Gasteiger partial charge on any atom is -0.329 e. The highest BCUT2D eigenvalue weighted by Gasteiger charge is 2.39. The third-order valence-electron chi connectivity index (χ3n) is 5.69. The molecule has 0 aliphatic carbocycles. The largest absolute Gasteiger partial charge is 0.329 e. The van der Waals surface area contributed by atoms with Crippen molar-refractivity contribution in [3.8, 4) is 0 Å². The summed E-state index contributed by atoms with van der Waals surface area (Å²) < 4.78 is 0. The molecule has 1 atom stereocenters. The summed E-state index contributed by atoms with van der Waals surface area (Å²) in [5.41, 5.74) is 9.62. The van der Waals surface area contributed by atoms with E-state index in [1.165, 1.54) is 5.56 Å². The molecule has 3 N–H and O–H groups in total. The number of nitrogens with two attached hydrogens (primary N) is 1. The van der Waals surface area contributed by atoms with Crippen molar-refractivity contribution in [2.45, 2.75) is 38.5 Å². The van der Waals surface area contributed by atoms with Gasteiger partial charge in [0.2, 0.25) is 11.8 Å². The Balaban J connectivity index is 1.48. The van der Waals surface area contributed by atoms with Crippen molar-refractivity contribution >= 4 is 17.7 Å². The quantitative estimate of drug-likeness (QED) is 0.678. The molecule has 2 aromatic rings. The molecule has 156 valence electrons. The van der Waals surface area contributed by atoms with Crippen molar-refractivity contribution in [1.29, 1.82) is 0 Å². The van der Waals surface area contributed by atoms with Gasteiger partial charge in [-0.2, -0.15) is 0 Å². The second-order valence-electron chi connectivity index (χ2n) is 7.88. The highest BCUT2D eigenvalue weighted by atomic mass is 16.2. The lowest BCUT2D eigenvalue weighted by molar-refractivity contribution is -0.136. The molecule has 7 nitrogen and oxygen atoms in total. The first-order valence-electron chi connectivity index (χ1n) is 10.3. The van der Waals surface area contributed by atoms with E-state index in [0.717, 1.165) is 24.2 Å². The zero-order chi connectivity index (χ0) is 21.1. The van der Waals surface area contributed by atoms with E-state index in [1.54, 1.807) is 4.90 Å². The zero-order valence-corrected chi connectivity index (χ0v) is 16.8. The number of carbonyl (C=O) groups excluding carboxylic acids is 3. The third kappa shape index (κ3) is 4.27. The molecule has 2 aromatic carbocycles. The van der Waals surface area contributed by atoms with E-state index >= 15 is 0 Å². The van der Waals surface area contributed by atoms with Gasteiger partial charge in [0.15, 0.2) is 0 Å². The smallest absolute Gasteiger partial charge is 0.255 e. The predicted octanol–water partition coefficient (Wildman–Crippen LogP) is 1.41. The molecule has 4 rings (SSSR count). The van der Waals surface area contributed by atoms with Crippen LogP contribution in [0.1, 0.15) is 39.9 Å². The van der Waals surface area contributed by atoms with Gasteiger partial charge >= 0.3 is 0 Å². The Hall–Kier alpha value is -3.03. The molecule has 0 aromatic heterocycles. The molecule has 0 radical (unpaired) electrons. The number of fused-ring (bicyclic) bond motifs is 1. The maximum Gasteiger partial charge on any atom is 0.255 e.